The highest BCUT2D eigenvalue weighted by atomic mass is 16.5. The van der Waals surface area contributed by atoms with Gasteiger partial charge in [0.05, 0.1) is 11.0 Å². The van der Waals surface area contributed by atoms with Gasteiger partial charge < -0.3 is 19.9 Å². The summed E-state index contributed by atoms with van der Waals surface area (Å²) < 4.78 is 10.5. The molecule has 1 saturated heterocycles. The smallest absolute Gasteiger partial charge is 0.311 e. The van der Waals surface area contributed by atoms with Crippen LogP contribution in [0.25, 0.3) is 0 Å². The van der Waals surface area contributed by atoms with Gasteiger partial charge >= 0.3 is 5.97 Å². The van der Waals surface area contributed by atoms with Crippen molar-refractivity contribution in [2.45, 2.75) is 39.2 Å². The van der Waals surface area contributed by atoms with Gasteiger partial charge in [-0.1, -0.05) is 0 Å². The summed E-state index contributed by atoms with van der Waals surface area (Å²) in [5, 5.41) is 12.0. The standard InChI is InChI=1S/C13H23NO5/c1-12(2,3)19-8-10(15)14-9-13(11(16)17)4-6-18-7-5-13/h4-9H2,1-3H3,(H,14,15)(H,16,17). The number of aliphatic carboxylic acids is 1. The normalized spacial score (nSPS) is 18.9. The fourth-order valence-corrected chi connectivity index (χ4v) is 1.83. The first-order valence-electron chi connectivity index (χ1n) is 6.47. The van der Waals surface area contributed by atoms with Crippen LogP contribution in [-0.2, 0) is 19.1 Å². The van der Waals surface area contributed by atoms with E-state index in [9.17, 15) is 14.7 Å². The summed E-state index contributed by atoms with van der Waals surface area (Å²) in [5.41, 5.74) is -1.30. The van der Waals surface area contributed by atoms with Crippen LogP contribution in [0.4, 0.5) is 0 Å². The zero-order chi connectivity index (χ0) is 14.5. The second-order valence-corrected chi connectivity index (χ2v) is 5.88. The molecule has 0 radical (unpaired) electrons. The number of carbonyl (C=O) groups is 2. The van der Waals surface area contributed by atoms with Crippen LogP contribution >= 0.6 is 0 Å². The molecule has 1 aliphatic heterocycles. The lowest BCUT2D eigenvalue weighted by Crippen LogP contribution is -2.47. The molecular formula is C13H23NO5. The molecular weight excluding hydrogens is 250 g/mol. The highest BCUT2D eigenvalue weighted by Crippen LogP contribution is 2.30. The van der Waals surface area contributed by atoms with Gasteiger partial charge in [0.25, 0.3) is 0 Å². The number of hydrogen-bond acceptors (Lipinski definition) is 4. The molecule has 0 aliphatic carbocycles. The fourth-order valence-electron chi connectivity index (χ4n) is 1.83. The number of amides is 1. The van der Waals surface area contributed by atoms with Crippen molar-refractivity contribution >= 4 is 11.9 Å². The molecule has 110 valence electrons. The molecule has 19 heavy (non-hydrogen) atoms. The van der Waals surface area contributed by atoms with Crippen LogP contribution in [0, 0.1) is 5.41 Å². The topological polar surface area (TPSA) is 84.9 Å². The minimum atomic E-state index is -0.907. The molecule has 0 aromatic heterocycles. The lowest BCUT2D eigenvalue weighted by Gasteiger charge is -2.33. The zero-order valence-corrected chi connectivity index (χ0v) is 11.8. The van der Waals surface area contributed by atoms with Crippen molar-refractivity contribution in [1.82, 2.24) is 5.32 Å². The summed E-state index contributed by atoms with van der Waals surface area (Å²) in [5.74, 6) is -1.17. The van der Waals surface area contributed by atoms with E-state index in [0.717, 1.165) is 0 Å². The Bertz CT molecular complexity index is 328. The highest BCUT2D eigenvalue weighted by Gasteiger charge is 2.40. The monoisotopic (exact) mass is 273 g/mol. The molecule has 6 nitrogen and oxygen atoms in total. The van der Waals surface area contributed by atoms with E-state index in [2.05, 4.69) is 5.32 Å². The van der Waals surface area contributed by atoms with E-state index in [1.165, 1.54) is 0 Å². The Morgan fingerprint density at radius 2 is 1.89 bits per heavy atom. The Hall–Kier alpha value is -1.14. The number of nitrogens with one attached hydrogen (secondary N) is 1. The van der Waals surface area contributed by atoms with Gasteiger partial charge in [-0.2, -0.15) is 0 Å². The lowest BCUT2D eigenvalue weighted by atomic mass is 9.80. The van der Waals surface area contributed by atoms with Gasteiger partial charge in [-0.05, 0) is 33.6 Å². The highest BCUT2D eigenvalue weighted by molar-refractivity contribution is 5.79. The molecule has 1 rings (SSSR count). The largest absolute Gasteiger partial charge is 0.481 e. The molecule has 0 unspecified atom stereocenters. The van der Waals surface area contributed by atoms with Crippen molar-refractivity contribution in [2.24, 2.45) is 5.41 Å². The quantitative estimate of drug-likeness (QED) is 0.774. The number of ether oxygens (including phenoxy) is 2. The first-order chi connectivity index (χ1) is 8.75. The third kappa shape index (κ3) is 5.16. The summed E-state index contributed by atoms with van der Waals surface area (Å²) in [4.78, 5) is 23.0. The average molecular weight is 273 g/mol. The van der Waals surface area contributed by atoms with Gasteiger partial charge in [0.15, 0.2) is 0 Å². The van der Waals surface area contributed by atoms with E-state index in [4.69, 9.17) is 9.47 Å². The maximum atomic E-state index is 11.6. The van der Waals surface area contributed by atoms with Gasteiger partial charge in [0.2, 0.25) is 5.91 Å². The zero-order valence-electron chi connectivity index (χ0n) is 11.8. The van der Waals surface area contributed by atoms with Crippen LogP contribution in [0.15, 0.2) is 0 Å². The Labute approximate surface area is 113 Å². The minimum absolute atomic E-state index is 0.0598. The summed E-state index contributed by atoms with van der Waals surface area (Å²) in [6.45, 7) is 6.47. The maximum Gasteiger partial charge on any atom is 0.311 e. The van der Waals surface area contributed by atoms with Crippen LogP contribution in [0.1, 0.15) is 33.6 Å². The van der Waals surface area contributed by atoms with Crippen LogP contribution in [0.3, 0.4) is 0 Å². The third-order valence-electron chi connectivity index (χ3n) is 3.16. The van der Waals surface area contributed by atoms with Gasteiger partial charge in [-0.3, -0.25) is 9.59 Å². The van der Waals surface area contributed by atoms with Crippen LogP contribution < -0.4 is 5.32 Å². The summed E-state index contributed by atoms with van der Waals surface area (Å²) in [6.07, 6.45) is 0.839. The van der Waals surface area contributed by atoms with E-state index < -0.39 is 11.4 Å². The van der Waals surface area contributed by atoms with Crippen molar-refractivity contribution in [3.05, 3.63) is 0 Å². The summed E-state index contributed by atoms with van der Waals surface area (Å²) in [7, 11) is 0. The molecule has 0 saturated carbocycles. The Balaban J connectivity index is 2.44. The SMILES string of the molecule is CC(C)(C)OCC(=O)NCC1(C(=O)O)CCOCC1. The lowest BCUT2D eigenvalue weighted by molar-refractivity contribution is -0.155. The first-order valence-corrected chi connectivity index (χ1v) is 6.47. The molecule has 1 amide bonds. The third-order valence-corrected chi connectivity index (χ3v) is 3.16. The van der Waals surface area contributed by atoms with Crippen molar-refractivity contribution < 1.29 is 24.2 Å². The van der Waals surface area contributed by atoms with Crippen molar-refractivity contribution in [2.75, 3.05) is 26.4 Å². The molecule has 1 heterocycles. The number of rotatable bonds is 5. The molecule has 1 fully saturated rings. The van der Waals surface area contributed by atoms with Gasteiger partial charge in [0.1, 0.15) is 6.61 Å². The Morgan fingerprint density at radius 3 is 2.37 bits per heavy atom. The second-order valence-electron chi connectivity index (χ2n) is 5.88. The van der Waals surface area contributed by atoms with E-state index in [0.29, 0.717) is 26.1 Å². The summed E-state index contributed by atoms with van der Waals surface area (Å²) in [6, 6.07) is 0. The van der Waals surface area contributed by atoms with Gasteiger partial charge in [-0.15, -0.1) is 0 Å². The fraction of sp³-hybridized carbons (Fsp3) is 0.846. The van der Waals surface area contributed by atoms with Crippen molar-refractivity contribution in [1.29, 1.82) is 0 Å². The maximum absolute atomic E-state index is 11.6. The number of carboxylic acids is 1. The molecule has 1 aliphatic rings. The number of carbonyl (C=O) groups excluding carboxylic acids is 1. The van der Waals surface area contributed by atoms with Crippen LogP contribution in [0.2, 0.25) is 0 Å². The summed E-state index contributed by atoms with van der Waals surface area (Å²) >= 11 is 0. The molecule has 0 atom stereocenters. The van der Waals surface area contributed by atoms with E-state index in [1.54, 1.807) is 0 Å². The molecule has 6 heteroatoms. The number of hydrogen-bond donors (Lipinski definition) is 2. The molecule has 0 spiro atoms. The van der Waals surface area contributed by atoms with Crippen LogP contribution in [-0.4, -0.2) is 48.9 Å². The van der Waals surface area contributed by atoms with Crippen LogP contribution in [0.5, 0.6) is 0 Å². The first kappa shape index (κ1) is 15.9. The predicted molar refractivity (Wildman–Crippen MR) is 68.8 cm³/mol. The van der Waals surface area contributed by atoms with E-state index in [1.807, 2.05) is 20.8 Å². The van der Waals surface area contributed by atoms with E-state index >= 15 is 0 Å². The van der Waals surface area contributed by atoms with Gasteiger partial charge in [0, 0.05) is 19.8 Å². The molecule has 0 aromatic carbocycles. The van der Waals surface area contributed by atoms with Gasteiger partial charge in [-0.25, -0.2) is 0 Å². The predicted octanol–water partition coefficient (Wildman–Crippen LogP) is 0.799. The van der Waals surface area contributed by atoms with Crippen molar-refractivity contribution in [3.8, 4) is 0 Å². The second kappa shape index (κ2) is 6.34. The van der Waals surface area contributed by atoms with E-state index in [-0.39, 0.29) is 24.7 Å². The Kier molecular flexibility index (Phi) is 5.31. The minimum Gasteiger partial charge on any atom is -0.481 e. The molecule has 0 aromatic rings. The Morgan fingerprint density at radius 1 is 1.32 bits per heavy atom. The number of carboxylic acid groups (broad SMARTS) is 1. The molecule has 2 N–H and O–H groups in total. The molecule has 0 bridgehead atoms. The average Bonchev–Trinajstić information content (AvgIpc) is 2.34. The van der Waals surface area contributed by atoms with Crippen molar-refractivity contribution in [3.63, 3.8) is 0 Å².